The van der Waals surface area contributed by atoms with E-state index in [-0.39, 0.29) is 19.0 Å². The van der Waals surface area contributed by atoms with E-state index >= 15 is 0 Å². The van der Waals surface area contributed by atoms with E-state index in [0.717, 1.165) is 9.87 Å². The van der Waals surface area contributed by atoms with Crippen LogP contribution in [0.5, 0.6) is 0 Å². The summed E-state index contributed by atoms with van der Waals surface area (Å²) >= 11 is 0. The summed E-state index contributed by atoms with van der Waals surface area (Å²) in [5.41, 5.74) is 0.925. The topological polar surface area (TPSA) is 78.5 Å². The highest BCUT2D eigenvalue weighted by molar-refractivity contribution is 7.87. The highest BCUT2D eigenvalue weighted by Gasteiger charge is 2.11. The third-order valence-corrected chi connectivity index (χ3v) is 3.95. The number of nitrogens with one attached hydrogen (secondary N) is 2. The van der Waals surface area contributed by atoms with E-state index in [9.17, 15) is 13.2 Å². The summed E-state index contributed by atoms with van der Waals surface area (Å²) in [6.07, 6.45) is 0.293. The van der Waals surface area contributed by atoms with Gasteiger partial charge < -0.3 is 5.32 Å². The Hall–Kier alpha value is -1.44. The van der Waals surface area contributed by atoms with E-state index in [1.54, 1.807) is 0 Å². The summed E-state index contributed by atoms with van der Waals surface area (Å²) < 4.78 is 26.2. The van der Waals surface area contributed by atoms with Gasteiger partial charge in [0.15, 0.2) is 0 Å². The van der Waals surface area contributed by atoms with E-state index in [1.165, 1.54) is 14.1 Å². The van der Waals surface area contributed by atoms with E-state index in [2.05, 4.69) is 10.0 Å². The fourth-order valence-electron chi connectivity index (χ4n) is 1.35. The van der Waals surface area contributed by atoms with Crippen molar-refractivity contribution in [3.05, 3.63) is 35.9 Å². The number of hydrogen-bond donors (Lipinski definition) is 2. The molecular formula is C12H19N3O3S. The van der Waals surface area contributed by atoms with Gasteiger partial charge in [-0.15, -0.1) is 0 Å². The van der Waals surface area contributed by atoms with Gasteiger partial charge in [-0.3, -0.25) is 4.79 Å². The zero-order chi connectivity index (χ0) is 14.3. The summed E-state index contributed by atoms with van der Waals surface area (Å²) in [7, 11) is -0.541. The Bertz CT molecular complexity index is 500. The van der Waals surface area contributed by atoms with Gasteiger partial charge in [0.1, 0.15) is 0 Å². The smallest absolute Gasteiger partial charge is 0.278 e. The van der Waals surface area contributed by atoms with Gasteiger partial charge >= 0.3 is 0 Å². The Morgan fingerprint density at radius 3 is 2.37 bits per heavy atom. The molecule has 0 spiro atoms. The molecule has 0 atom stereocenters. The molecule has 1 amide bonds. The average Bonchev–Trinajstić information content (AvgIpc) is 2.36. The highest BCUT2D eigenvalue weighted by Crippen LogP contribution is 1.98. The molecule has 1 aromatic rings. The van der Waals surface area contributed by atoms with Crippen LogP contribution in [-0.2, 0) is 21.4 Å². The lowest BCUT2D eigenvalue weighted by Gasteiger charge is -2.12. The molecule has 6 nitrogen and oxygen atoms in total. The van der Waals surface area contributed by atoms with Crippen LogP contribution in [0.3, 0.4) is 0 Å². The monoisotopic (exact) mass is 285 g/mol. The first-order chi connectivity index (χ1) is 8.92. The maximum Gasteiger partial charge on any atom is 0.278 e. The van der Waals surface area contributed by atoms with Crippen LogP contribution in [0.15, 0.2) is 30.3 Å². The van der Waals surface area contributed by atoms with E-state index in [1.807, 2.05) is 30.3 Å². The number of rotatable bonds is 7. The Kier molecular flexibility index (Phi) is 5.94. The zero-order valence-corrected chi connectivity index (χ0v) is 11.9. The SMILES string of the molecule is CN(C)S(=O)(=O)NCCNC(=O)Cc1ccccc1. The molecule has 0 heterocycles. The van der Waals surface area contributed by atoms with Gasteiger partial charge in [0, 0.05) is 27.2 Å². The summed E-state index contributed by atoms with van der Waals surface area (Å²) in [6, 6.07) is 9.36. The third kappa shape index (κ3) is 5.82. The van der Waals surface area contributed by atoms with Crippen molar-refractivity contribution in [2.45, 2.75) is 6.42 Å². The molecule has 106 valence electrons. The van der Waals surface area contributed by atoms with Crippen molar-refractivity contribution in [1.29, 1.82) is 0 Å². The highest BCUT2D eigenvalue weighted by atomic mass is 32.2. The maximum absolute atomic E-state index is 11.6. The summed E-state index contributed by atoms with van der Waals surface area (Å²) in [5.74, 6) is -0.129. The molecule has 0 radical (unpaired) electrons. The number of carbonyl (C=O) groups is 1. The van der Waals surface area contributed by atoms with Crippen molar-refractivity contribution >= 4 is 16.1 Å². The molecule has 1 rings (SSSR count). The molecule has 0 unspecified atom stereocenters. The van der Waals surface area contributed by atoms with Gasteiger partial charge in [0.05, 0.1) is 6.42 Å². The summed E-state index contributed by atoms with van der Waals surface area (Å²) in [5, 5.41) is 2.66. The van der Waals surface area contributed by atoms with Gasteiger partial charge in [-0.05, 0) is 5.56 Å². The second-order valence-corrected chi connectivity index (χ2v) is 6.16. The fraction of sp³-hybridized carbons (Fsp3) is 0.417. The van der Waals surface area contributed by atoms with Crippen LogP contribution in [-0.4, -0.2) is 45.8 Å². The molecule has 0 aliphatic carbocycles. The zero-order valence-electron chi connectivity index (χ0n) is 11.1. The lowest BCUT2D eigenvalue weighted by atomic mass is 10.1. The average molecular weight is 285 g/mol. The quantitative estimate of drug-likeness (QED) is 0.678. The minimum Gasteiger partial charge on any atom is -0.354 e. The molecule has 2 N–H and O–H groups in total. The predicted molar refractivity (Wildman–Crippen MR) is 73.8 cm³/mol. The summed E-state index contributed by atoms with van der Waals surface area (Å²) in [4.78, 5) is 11.6. The molecule has 1 aromatic carbocycles. The first-order valence-corrected chi connectivity index (χ1v) is 7.33. The van der Waals surface area contributed by atoms with Crippen molar-refractivity contribution in [2.75, 3.05) is 27.2 Å². The molecular weight excluding hydrogens is 266 g/mol. The predicted octanol–water partition coefficient (Wildman–Crippen LogP) is -0.259. The van der Waals surface area contributed by atoms with Gasteiger partial charge in [-0.1, -0.05) is 30.3 Å². The second-order valence-electron chi connectivity index (χ2n) is 4.19. The molecule has 0 fully saturated rings. The van der Waals surface area contributed by atoms with Crippen molar-refractivity contribution in [2.24, 2.45) is 0 Å². The molecule has 0 bridgehead atoms. The largest absolute Gasteiger partial charge is 0.354 e. The Labute approximate surface area is 114 Å². The molecule has 0 saturated carbocycles. The minimum absolute atomic E-state index is 0.129. The standard InChI is InChI=1S/C12H19N3O3S/c1-15(2)19(17,18)14-9-8-13-12(16)10-11-6-4-3-5-7-11/h3-7,14H,8-10H2,1-2H3,(H,13,16). The van der Waals surface area contributed by atoms with Crippen LogP contribution in [0.2, 0.25) is 0 Å². The van der Waals surface area contributed by atoms with Crippen molar-refractivity contribution < 1.29 is 13.2 Å². The number of nitrogens with zero attached hydrogens (tertiary/aromatic N) is 1. The van der Waals surface area contributed by atoms with Crippen molar-refractivity contribution in [3.8, 4) is 0 Å². The Morgan fingerprint density at radius 2 is 1.79 bits per heavy atom. The van der Waals surface area contributed by atoms with Gasteiger partial charge in [0.25, 0.3) is 10.2 Å². The first kappa shape index (κ1) is 15.6. The Morgan fingerprint density at radius 1 is 1.16 bits per heavy atom. The van der Waals surface area contributed by atoms with E-state index in [4.69, 9.17) is 0 Å². The van der Waals surface area contributed by atoms with Crippen LogP contribution in [0.25, 0.3) is 0 Å². The molecule has 19 heavy (non-hydrogen) atoms. The van der Waals surface area contributed by atoms with Crippen LogP contribution >= 0.6 is 0 Å². The van der Waals surface area contributed by atoms with Crippen molar-refractivity contribution in [1.82, 2.24) is 14.3 Å². The molecule has 0 aliphatic heterocycles. The summed E-state index contributed by atoms with van der Waals surface area (Å²) in [6.45, 7) is 0.430. The number of hydrogen-bond acceptors (Lipinski definition) is 3. The lowest BCUT2D eigenvalue weighted by molar-refractivity contribution is -0.120. The number of amides is 1. The second kappa shape index (κ2) is 7.22. The molecule has 7 heteroatoms. The molecule has 0 saturated heterocycles. The van der Waals surface area contributed by atoms with Gasteiger partial charge in [0.2, 0.25) is 5.91 Å². The van der Waals surface area contributed by atoms with Crippen molar-refractivity contribution in [3.63, 3.8) is 0 Å². The molecule has 0 aliphatic rings. The minimum atomic E-state index is -3.42. The van der Waals surface area contributed by atoms with Gasteiger partial charge in [-0.2, -0.15) is 12.7 Å². The normalized spacial score (nSPS) is 11.5. The number of carbonyl (C=O) groups excluding carboxylic acids is 1. The van der Waals surface area contributed by atoms with Crippen LogP contribution in [0.4, 0.5) is 0 Å². The first-order valence-electron chi connectivity index (χ1n) is 5.89. The fourth-order valence-corrected chi connectivity index (χ4v) is 1.97. The van der Waals surface area contributed by atoms with Crippen LogP contribution in [0.1, 0.15) is 5.56 Å². The Balaban J connectivity index is 2.25. The van der Waals surface area contributed by atoms with Crippen LogP contribution < -0.4 is 10.0 Å². The van der Waals surface area contributed by atoms with Crippen LogP contribution in [0, 0.1) is 0 Å². The number of benzene rings is 1. The lowest BCUT2D eigenvalue weighted by Crippen LogP contribution is -2.40. The van der Waals surface area contributed by atoms with Gasteiger partial charge in [-0.25, -0.2) is 4.72 Å². The van der Waals surface area contributed by atoms with E-state index < -0.39 is 10.2 Å². The van der Waals surface area contributed by atoms with E-state index in [0.29, 0.717) is 6.42 Å². The third-order valence-electron chi connectivity index (χ3n) is 2.42. The maximum atomic E-state index is 11.6. The molecule has 0 aromatic heterocycles.